The van der Waals surface area contributed by atoms with E-state index in [-0.39, 0.29) is 36.3 Å². The minimum Gasteiger partial charge on any atom is -0.430 e. The smallest absolute Gasteiger partial charge is 0.430 e. The van der Waals surface area contributed by atoms with E-state index in [1.165, 1.54) is 0 Å². The van der Waals surface area contributed by atoms with Crippen LogP contribution in [0.4, 0.5) is 9.59 Å². The lowest BCUT2D eigenvalue weighted by Crippen LogP contribution is -2.30. The Bertz CT molecular complexity index is 635. The Hall–Kier alpha value is -1.70. The van der Waals surface area contributed by atoms with E-state index in [9.17, 15) is 9.59 Å². The van der Waals surface area contributed by atoms with E-state index in [1.54, 1.807) is 0 Å². The third-order valence-corrected chi connectivity index (χ3v) is 5.29. The zero-order valence-corrected chi connectivity index (χ0v) is 21.7. The van der Waals surface area contributed by atoms with Crippen molar-refractivity contribution in [2.24, 2.45) is 10.8 Å². The zero-order chi connectivity index (χ0) is 26.0. The summed E-state index contributed by atoms with van der Waals surface area (Å²) in [6.45, 7) is 14.8. The highest BCUT2D eigenvalue weighted by molar-refractivity contribution is 5.62. The fourth-order valence-electron chi connectivity index (χ4n) is 3.17. The summed E-state index contributed by atoms with van der Waals surface area (Å²) in [5.74, 6) is 0. The Balaban J connectivity index is 0.000000212. The van der Waals surface area contributed by atoms with Crippen LogP contribution in [-0.4, -0.2) is 116 Å². The van der Waals surface area contributed by atoms with Crippen LogP contribution < -0.4 is 0 Å². The molecular formula is C24H40O12. The van der Waals surface area contributed by atoms with Crippen molar-refractivity contribution < 1.29 is 57.0 Å². The Labute approximate surface area is 212 Å². The molecule has 0 bridgehead atoms. The lowest BCUT2D eigenvalue weighted by molar-refractivity contribution is -0.0385. The number of rotatable bonds is 16. The fraction of sp³-hybridized carbons (Fsp3) is 0.917. The molecule has 0 saturated carbocycles. The van der Waals surface area contributed by atoms with Gasteiger partial charge in [0.1, 0.15) is 25.4 Å². The quantitative estimate of drug-likeness (QED) is 0.218. The molecule has 4 rings (SSSR count). The molecular weight excluding hydrogens is 480 g/mol. The van der Waals surface area contributed by atoms with Gasteiger partial charge in [0.25, 0.3) is 0 Å². The third-order valence-electron chi connectivity index (χ3n) is 5.29. The maximum atomic E-state index is 10.7. The van der Waals surface area contributed by atoms with Gasteiger partial charge < -0.3 is 47.4 Å². The van der Waals surface area contributed by atoms with E-state index in [2.05, 4.69) is 23.3 Å². The molecule has 0 N–H and O–H groups in total. The number of carbonyl (C=O) groups is 2. The predicted octanol–water partition coefficient (Wildman–Crippen LogP) is 1.96. The second kappa shape index (κ2) is 13.7. The molecule has 0 amide bonds. The molecule has 0 aromatic rings. The normalized spacial score (nSPS) is 26.9. The van der Waals surface area contributed by atoms with Crippen molar-refractivity contribution in [1.29, 1.82) is 0 Å². The zero-order valence-electron chi connectivity index (χ0n) is 21.7. The number of carbonyl (C=O) groups excluding carboxylic acids is 2. The van der Waals surface area contributed by atoms with Gasteiger partial charge in [-0.3, -0.25) is 0 Å². The van der Waals surface area contributed by atoms with Crippen molar-refractivity contribution in [3.8, 4) is 0 Å². The maximum Gasteiger partial charge on any atom is 0.508 e. The molecule has 4 heterocycles. The van der Waals surface area contributed by atoms with E-state index < -0.39 is 12.3 Å². The van der Waals surface area contributed by atoms with Crippen LogP contribution in [0.25, 0.3) is 0 Å². The first-order valence-corrected chi connectivity index (χ1v) is 12.3. The summed E-state index contributed by atoms with van der Waals surface area (Å²) in [4.78, 5) is 21.5. The van der Waals surface area contributed by atoms with Gasteiger partial charge in [-0.2, -0.15) is 0 Å². The Kier molecular flexibility index (Phi) is 11.0. The van der Waals surface area contributed by atoms with Gasteiger partial charge in [0.05, 0.1) is 66.1 Å². The van der Waals surface area contributed by atoms with Crippen LogP contribution in [0.1, 0.15) is 27.7 Å². The molecule has 0 aliphatic carbocycles. The molecule has 4 saturated heterocycles. The molecule has 12 heteroatoms. The highest BCUT2D eigenvalue weighted by Gasteiger charge is 2.29. The minimum absolute atomic E-state index is 0.0732. The maximum absolute atomic E-state index is 10.7. The van der Waals surface area contributed by atoms with Gasteiger partial charge in [-0.05, 0) is 0 Å². The summed E-state index contributed by atoms with van der Waals surface area (Å²) in [6.07, 6.45) is -1.30. The average Bonchev–Trinajstić information content (AvgIpc) is 3.72. The van der Waals surface area contributed by atoms with Crippen molar-refractivity contribution in [3.05, 3.63) is 0 Å². The van der Waals surface area contributed by atoms with Gasteiger partial charge in [0.2, 0.25) is 0 Å². The molecule has 0 radical (unpaired) electrons. The van der Waals surface area contributed by atoms with Crippen LogP contribution in [0.5, 0.6) is 0 Å². The summed E-state index contributed by atoms with van der Waals surface area (Å²) < 4.78 is 51.3. The molecule has 4 aliphatic heterocycles. The lowest BCUT2D eigenvalue weighted by atomic mass is 9.96. The summed E-state index contributed by atoms with van der Waals surface area (Å²) in [7, 11) is 0. The number of hydrogen-bond acceptors (Lipinski definition) is 12. The third kappa shape index (κ3) is 12.5. The summed E-state index contributed by atoms with van der Waals surface area (Å²) >= 11 is 0. The highest BCUT2D eigenvalue weighted by Crippen LogP contribution is 2.20. The van der Waals surface area contributed by atoms with Crippen molar-refractivity contribution in [2.45, 2.75) is 52.1 Å². The van der Waals surface area contributed by atoms with Gasteiger partial charge in [-0.1, -0.05) is 27.7 Å². The molecule has 4 unspecified atom stereocenters. The molecule has 4 fully saturated rings. The first kappa shape index (κ1) is 28.9. The van der Waals surface area contributed by atoms with Crippen LogP contribution in [0.15, 0.2) is 0 Å². The van der Waals surface area contributed by atoms with Crippen molar-refractivity contribution >= 4 is 12.3 Å². The minimum atomic E-state index is -0.653. The standard InChI is InChI=1S/C13H20O8.C11H20O4/c1-13(2,7-16-3-9-5-18-11(14)20-9)8-17-4-10-6-19-12(15)21-10;1-11(2,7-12-3-9-5-14-9)8-13-4-10-6-15-10/h9-10H,3-8H2,1-2H3;9-10H,3-8H2,1-2H3. The molecule has 0 spiro atoms. The summed E-state index contributed by atoms with van der Waals surface area (Å²) in [5, 5.41) is 0. The Morgan fingerprint density at radius 1 is 0.583 bits per heavy atom. The van der Waals surface area contributed by atoms with Gasteiger partial charge >= 0.3 is 12.3 Å². The first-order valence-electron chi connectivity index (χ1n) is 12.3. The Morgan fingerprint density at radius 3 is 1.14 bits per heavy atom. The van der Waals surface area contributed by atoms with Crippen molar-refractivity contribution in [1.82, 2.24) is 0 Å². The lowest BCUT2D eigenvalue weighted by Gasteiger charge is -2.25. The molecule has 12 nitrogen and oxygen atoms in total. The molecule has 4 atom stereocenters. The van der Waals surface area contributed by atoms with Crippen molar-refractivity contribution in [3.63, 3.8) is 0 Å². The van der Waals surface area contributed by atoms with Crippen LogP contribution in [0, 0.1) is 10.8 Å². The van der Waals surface area contributed by atoms with E-state index in [0.29, 0.717) is 38.6 Å². The number of cyclic esters (lactones) is 4. The van der Waals surface area contributed by atoms with Crippen LogP contribution in [-0.2, 0) is 47.4 Å². The summed E-state index contributed by atoms with van der Waals surface area (Å²) in [5.41, 5.74) is -0.142. The fourth-order valence-corrected chi connectivity index (χ4v) is 3.17. The summed E-state index contributed by atoms with van der Waals surface area (Å²) in [6, 6.07) is 0. The Morgan fingerprint density at radius 2 is 0.889 bits per heavy atom. The van der Waals surface area contributed by atoms with Gasteiger partial charge in [0.15, 0.2) is 12.2 Å². The molecule has 4 aliphatic rings. The van der Waals surface area contributed by atoms with Crippen LogP contribution in [0.3, 0.4) is 0 Å². The highest BCUT2D eigenvalue weighted by atomic mass is 16.8. The largest absolute Gasteiger partial charge is 0.508 e. The van der Waals surface area contributed by atoms with Crippen LogP contribution in [0.2, 0.25) is 0 Å². The van der Waals surface area contributed by atoms with Gasteiger partial charge in [-0.25, -0.2) is 9.59 Å². The first-order chi connectivity index (χ1) is 17.1. The molecule has 0 aromatic carbocycles. The van der Waals surface area contributed by atoms with Crippen LogP contribution >= 0.6 is 0 Å². The van der Waals surface area contributed by atoms with E-state index in [1.807, 2.05) is 13.8 Å². The van der Waals surface area contributed by atoms with Crippen molar-refractivity contribution in [2.75, 3.05) is 79.3 Å². The SMILES string of the molecule is CC(C)(COCC1CO1)COCC1CO1.CC(C)(COCC1COC(=O)O1)COCC1COC(=O)O1. The molecule has 36 heavy (non-hydrogen) atoms. The predicted molar refractivity (Wildman–Crippen MR) is 123 cm³/mol. The average molecular weight is 521 g/mol. The van der Waals surface area contributed by atoms with E-state index in [0.717, 1.165) is 39.6 Å². The van der Waals surface area contributed by atoms with Gasteiger partial charge in [-0.15, -0.1) is 0 Å². The number of epoxide rings is 2. The second-order valence-corrected chi connectivity index (χ2v) is 10.9. The van der Waals surface area contributed by atoms with Gasteiger partial charge in [0, 0.05) is 10.8 Å². The van der Waals surface area contributed by atoms with E-state index >= 15 is 0 Å². The monoisotopic (exact) mass is 520 g/mol. The van der Waals surface area contributed by atoms with E-state index in [4.69, 9.17) is 37.9 Å². The molecule has 0 aromatic heterocycles. The number of hydrogen-bond donors (Lipinski definition) is 0. The molecule has 208 valence electrons. The topological polar surface area (TPSA) is 133 Å². The number of ether oxygens (including phenoxy) is 10. The second-order valence-electron chi connectivity index (χ2n) is 10.9.